The van der Waals surface area contributed by atoms with Gasteiger partial charge in [-0.05, 0) is 79.7 Å². The molecule has 0 bridgehead atoms. The molecular weight excluding hydrogens is 406 g/mol. The Balaban J connectivity index is 1.70. The topological polar surface area (TPSA) is 46.8 Å². The predicted molar refractivity (Wildman–Crippen MR) is 128 cm³/mol. The van der Waals surface area contributed by atoms with Crippen LogP contribution in [-0.2, 0) is 4.79 Å². The molecule has 0 unspecified atom stereocenters. The number of methoxy groups -OCH3 is 1. The molecule has 0 saturated carbocycles. The van der Waals surface area contributed by atoms with Gasteiger partial charge in [0, 0.05) is 23.6 Å². The van der Waals surface area contributed by atoms with Gasteiger partial charge in [-0.2, -0.15) is 0 Å². The zero-order valence-electron chi connectivity index (χ0n) is 17.9. The van der Waals surface area contributed by atoms with Crippen LogP contribution in [0.4, 0.5) is 5.69 Å². The fraction of sp³-hybridized carbons (Fsp3) is 0.200. The zero-order chi connectivity index (χ0) is 21.8. The lowest BCUT2D eigenvalue weighted by molar-refractivity contribution is -0.122. The van der Waals surface area contributed by atoms with E-state index in [0.717, 1.165) is 40.1 Å². The summed E-state index contributed by atoms with van der Waals surface area (Å²) in [6.07, 6.45) is 2.83. The molecule has 5 nitrogen and oxygen atoms in total. The number of aliphatic imine (C=N–C) groups is 1. The van der Waals surface area contributed by atoms with Crippen molar-refractivity contribution in [1.82, 2.24) is 9.47 Å². The summed E-state index contributed by atoms with van der Waals surface area (Å²) < 4.78 is 7.41. The number of para-hydroxylation sites is 1. The Hall–Kier alpha value is -3.25. The highest BCUT2D eigenvalue weighted by molar-refractivity contribution is 8.18. The van der Waals surface area contributed by atoms with Crippen molar-refractivity contribution in [3.8, 4) is 11.4 Å². The number of amidine groups is 1. The summed E-state index contributed by atoms with van der Waals surface area (Å²) in [7, 11) is 1.66. The van der Waals surface area contributed by atoms with E-state index in [1.165, 1.54) is 11.8 Å². The highest BCUT2D eigenvalue weighted by atomic mass is 32.2. The van der Waals surface area contributed by atoms with Crippen molar-refractivity contribution < 1.29 is 9.53 Å². The molecular formula is C25H25N3O2S. The number of thioether (sulfide) groups is 1. The second-order valence-electron chi connectivity index (χ2n) is 7.23. The van der Waals surface area contributed by atoms with Crippen molar-refractivity contribution in [3.05, 3.63) is 83.0 Å². The zero-order valence-corrected chi connectivity index (χ0v) is 18.7. The van der Waals surface area contributed by atoms with E-state index in [0.29, 0.717) is 11.4 Å². The molecule has 0 aliphatic carbocycles. The van der Waals surface area contributed by atoms with E-state index in [1.807, 2.05) is 66.7 Å². The molecule has 1 aliphatic heterocycles. The number of hydrogen-bond donors (Lipinski definition) is 0. The van der Waals surface area contributed by atoms with Gasteiger partial charge in [0.2, 0.25) is 0 Å². The number of carbonyl (C=O) groups is 1. The molecule has 0 radical (unpaired) electrons. The summed E-state index contributed by atoms with van der Waals surface area (Å²) in [6.45, 7) is 4.77. The number of aryl methyl sites for hydroxylation is 1. The molecule has 31 heavy (non-hydrogen) atoms. The van der Waals surface area contributed by atoms with Gasteiger partial charge >= 0.3 is 0 Å². The van der Waals surface area contributed by atoms with E-state index in [1.54, 1.807) is 12.0 Å². The number of amides is 1. The Bertz CT molecular complexity index is 1130. The first-order chi connectivity index (χ1) is 15.1. The minimum Gasteiger partial charge on any atom is -0.497 e. The smallest absolute Gasteiger partial charge is 0.266 e. The normalized spacial score (nSPS) is 16.5. The van der Waals surface area contributed by atoms with Crippen LogP contribution in [0.25, 0.3) is 11.8 Å². The highest BCUT2D eigenvalue weighted by Gasteiger charge is 2.33. The second kappa shape index (κ2) is 9.27. The van der Waals surface area contributed by atoms with Gasteiger partial charge in [0.15, 0.2) is 5.17 Å². The molecule has 0 N–H and O–H groups in total. The first-order valence-corrected chi connectivity index (χ1v) is 11.1. The van der Waals surface area contributed by atoms with E-state index in [4.69, 9.17) is 9.73 Å². The first-order valence-electron chi connectivity index (χ1n) is 10.3. The second-order valence-corrected chi connectivity index (χ2v) is 8.24. The van der Waals surface area contributed by atoms with Crippen molar-refractivity contribution in [3.63, 3.8) is 0 Å². The number of rotatable bonds is 6. The summed E-state index contributed by atoms with van der Waals surface area (Å²) in [4.78, 5) is 20.3. The van der Waals surface area contributed by atoms with Crippen molar-refractivity contribution in [2.75, 3.05) is 13.7 Å². The van der Waals surface area contributed by atoms with Gasteiger partial charge in [-0.3, -0.25) is 9.69 Å². The maximum absolute atomic E-state index is 13.2. The SMILES string of the molecule is CCCN1C(=O)/C(=C/c2ccc(C)n2-c2ccc(OC)cc2)SC1=Nc1ccccc1. The van der Waals surface area contributed by atoms with Crippen LogP contribution in [0.2, 0.25) is 0 Å². The molecule has 158 valence electrons. The van der Waals surface area contributed by atoms with Crippen LogP contribution in [0.1, 0.15) is 24.7 Å². The quantitative estimate of drug-likeness (QED) is 0.463. The van der Waals surface area contributed by atoms with E-state index in [9.17, 15) is 4.79 Å². The van der Waals surface area contributed by atoms with E-state index >= 15 is 0 Å². The van der Waals surface area contributed by atoms with Crippen LogP contribution < -0.4 is 4.74 Å². The first kappa shape index (κ1) is 21.0. The van der Waals surface area contributed by atoms with E-state index in [-0.39, 0.29) is 5.91 Å². The van der Waals surface area contributed by atoms with Crippen LogP contribution in [0.3, 0.4) is 0 Å². The molecule has 2 aromatic carbocycles. The minimum absolute atomic E-state index is 0.00154. The fourth-order valence-electron chi connectivity index (χ4n) is 3.51. The van der Waals surface area contributed by atoms with Gasteiger partial charge in [-0.1, -0.05) is 25.1 Å². The number of benzene rings is 2. The third kappa shape index (κ3) is 4.44. The van der Waals surface area contributed by atoms with Crippen LogP contribution in [0.15, 0.2) is 76.6 Å². The van der Waals surface area contributed by atoms with Gasteiger partial charge < -0.3 is 9.30 Å². The van der Waals surface area contributed by atoms with Crippen molar-refractivity contribution >= 4 is 34.6 Å². The Kier molecular flexibility index (Phi) is 6.28. The van der Waals surface area contributed by atoms with E-state index in [2.05, 4.69) is 24.5 Å². The van der Waals surface area contributed by atoms with Crippen molar-refractivity contribution in [2.24, 2.45) is 4.99 Å². The molecule has 4 rings (SSSR count). The Morgan fingerprint density at radius 2 is 1.77 bits per heavy atom. The largest absolute Gasteiger partial charge is 0.497 e. The Morgan fingerprint density at radius 3 is 2.45 bits per heavy atom. The summed E-state index contributed by atoms with van der Waals surface area (Å²) in [6, 6.07) is 21.8. The van der Waals surface area contributed by atoms with Gasteiger partial charge in [0.05, 0.1) is 17.7 Å². The summed E-state index contributed by atoms with van der Waals surface area (Å²) in [5, 5.41) is 0.726. The maximum atomic E-state index is 13.2. The lowest BCUT2D eigenvalue weighted by Gasteiger charge is -2.14. The molecule has 2 heterocycles. The number of carbonyl (C=O) groups excluding carboxylic acids is 1. The van der Waals surface area contributed by atoms with Gasteiger partial charge in [0.25, 0.3) is 5.91 Å². The van der Waals surface area contributed by atoms with Crippen LogP contribution in [-0.4, -0.2) is 34.2 Å². The molecule has 0 atom stereocenters. The van der Waals surface area contributed by atoms with Crippen LogP contribution in [0.5, 0.6) is 5.75 Å². The number of hydrogen-bond acceptors (Lipinski definition) is 4. The van der Waals surface area contributed by atoms with Gasteiger partial charge in [0.1, 0.15) is 5.75 Å². The van der Waals surface area contributed by atoms with Gasteiger partial charge in [-0.15, -0.1) is 0 Å². The maximum Gasteiger partial charge on any atom is 0.266 e. The third-order valence-corrected chi connectivity index (χ3v) is 6.04. The van der Waals surface area contributed by atoms with E-state index < -0.39 is 0 Å². The predicted octanol–water partition coefficient (Wildman–Crippen LogP) is 5.81. The monoisotopic (exact) mass is 431 g/mol. The average molecular weight is 432 g/mol. The fourth-order valence-corrected chi connectivity index (χ4v) is 4.52. The number of aromatic nitrogens is 1. The summed E-state index contributed by atoms with van der Waals surface area (Å²) in [5.74, 6) is 0.814. The molecule has 1 aliphatic rings. The molecule has 3 aromatic rings. The Morgan fingerprint density at radius 1 is 1.03 bits per heavy atom. The highest BCUT2D eigenvalue weighted by Crippen LogP contribution is 2.35. The van der Waals surface area contributed by atoms with Crippen molar-refractivity contribution in [2.45, 2.75) is 20.3 Å². The average Bonchev–Trinajstić information content (AvgIpc) is 3.29. The third-order valence-electron chi connectivity index (χ3n) is 5.03. The number of ether oxygens (including phenoxy) is 1. The molecule has 1 aromatic heterocycles. The lowest BCUT2D eigenvalue weighted by atomic mass is 10.2. The number of nitrogens with zero attached hydrogens (tertiary/aromatic N) is 3. The Labute approximate surface area is 187 Å². The minimum atomic E-state index is 0.00154. The van der Waals surface area contributed by atoms with Crippen LogP contribution >= 0.6 is 11.8 Å². The standard InChI is InChI=1S/C25H25N3O2S/c1-4-16-27-24(29)23(31-25(27)26-19-8-6-5-7-9-19)17-21-11-10-18(2)28(21)20-12-14-22(30-3)15-13-20/h5-15,17H,4,16H2,1-3H3/b23-17-,26-25?. The lowest BCUT2D eigenvalue weighted by Crippen LogP contribution is -2.29. The molecule has 1 saturated heterocycles. The summed E-state index contributed by atoms with van der Waals surface area (Å²) >= 11 is 1.43. The summed E-state index contributed by atoms with van der Waals surface area (Å²) in [5.41, 5.74) is 3.92. The molecule has 1 fully saturated rings. The molecule has 0 spiro atoms. The van der Waals surface area contributed by atoms with Gasteiger partial charge in [-0.25, -0.2) is 4.99 Å². The van der Waals surface area contributed by atoms with Crippen molar-refractivity contribution in [1.29, 1.82) is 0 Å². The van der Waals surface area contributed by atoms with Crippen LogP contribution in [0, 0.1) is 6.92 Å². The molecule has 6 heteroatoms. The molecule has 1 amide bonds.